The van der Waals surface area contributed by atoms with E-state index in [1.165, 1.54) is 37.9 Å². The van der Waals surface area contributed by atoms with E-state index in [0.29, 0.717) is 6.04 Å². The summed E-state index contributed by atoms with van der Waals surface area (Å²) in [4.78, 5) is 11.2. The second-order valence-electron chi connectivity index (χ2n) is 5.53. The van der Waals surface area contributed by atoms with Gasteiger partial charge in [0.15, 0.2) is 0 Å². The standard InChI is InChI=1S/C16H22N4/c1-3-8-18-15(5-1)13-20-10-4-2-6-16(20)7-11-19-12-9-17-14-19/h1,3,5,8-9,12,14,16H,2,4,6-7,10-11,13H2/t16-/m0/s1. The van der Waals surface area contributed by atoms with Gasteiger partial charge in [0.05, 0.1) is 12.0 Å². The van der Waals surface area contributed by atoms with Gasteiger partial charge in [0, 0.05) is 37.7 Å². The van der Waals surface area contributed by atoms with Gasteiger partial charge in [-0.15, -0.1) is 0 Å². The summed E-state index contributed by atoms with van der Waals surface area (Å²) in [6.45, 7) is 3.24. The Morgan fingerprint density at radius 1 is 1.20 bits per heavy atom. The van der Waals surface area contributed by atoms with Crippen molar-refractivity contribution in [1.29, 1.82) is 0 Å². The second-order valence-corrected chi connectivity index (χ2v) is 5.53. The molecular weight excluding hydrogens is 248 g/mol. The fourth-order valence-corrected chi connectivity index (χ4v) is 3.01. The van der Waals surface area contributed by atoms with Crippen LogP contribution in [0.5, 0.6) is 0 Å². The number of aromatic nitrogens is 3. The van der Waals surface area contributed by atoms with Crippen molar-refractivity contribution in [2.75, 3.05) is 6.54 Å². The molecule has 0 unspecified atom stereocenters. The molecule has 2 aromatic rings. The largest absolute Gasteiger partial charge is 0.337 e. The summed E-state index contributed by atoms with van der Waals surface area (Å²) in [7, 11) is 0. The highest BCUT2D eigenvalue weighted by Crippen LogP contribution is 2.22. The third-order valence-corrected chi connectivity index (χ3v) is 4.12. The molecule has 0 aliphatic carbocycles. The Morgan fingerprint density at radius 3 is 3.00 bits per heavy atom. The van der Waals surface area contributed by atoms with E-state index in [9.17, 15) is 0 Å². The Morgan fingerprint density at radius 2 is 2.20 bits per heavy atom. The van der Waals surface area contributed by atoms with Gasteiger partial charge >= 0.3 is 0 Å². The van der Waals surface area contributed by atoms with Gasteiger partial charge in [-0.3, -0.25) is 9.88 Å². The third-order valence-electron chi connectivity index (χ3n) is 4.12. The minimum absolute atomic E-state index is 0.674. The normalized spacial score (nSPS) is 20.1. The predicted octanol–water partition coefficient (Wildman–Crippen LogP) is 2.72. The topological polar surface area (TPSA) is 34.0 Å². The van der Waals surface area contributed by atoms with Crippen LogP contribution < -0.4 is 0 Å². The molecule has 1 aliphatic heterocycles. The third kappa shape index (κ3) is 3.45. The maximum Gasteiger partial charge on any atom is 0.0945 e. The van der Waals surface area contributed by atoms with Gasteiger partial charge in [-0.2, -0.15) is 0 Å². The van der Waals surface area contributed by atoms with Crippen molar-refractivity contribution in [3.8, 4) is 0 Å². The van der Waals surface area contributed by atoms with E-state index in [1.54, 1.807) is 0 Å². The second kappa shape index (κ2) is 6.66. The van der Waals surface area contributed by atoms with Gasteiger partial charge in [-0.05, 0) is 37.9 Å². The van der Waals surface area contributed by atoms with Crippen LogP contribution >= 0.6 is 0 Å². The van der Waals surface area contributed by atoms with Crippen LogP contribution in [0.25, 0.3) is 0 Å². The average molecular weight is 270 g/mol. The van der Waals surface area contributed by atoms with Crippen LogP contribution in [0.3, 0.4) is 0 Å². The van der Waals surface area contributed by atoms with Gasteiger partial charge in [0.2, 0.25) is 0 Å². The SMILES string of the molecule is c1ccc(CN2CCCC[C@H]2CCn2ccnc2)nc1. The summed E-state index contributed by atoms with van der Waals surface area (Å²) >= 11 is 0. The summed E-state index contributed by atoms with van der Waals surface area (Å²) in [6, 6.07) is 6.86. The summed E-state index contributed by atoms with van der Waals surface area (Å²) in [6.07, 6.45) is 12.9. The first-order valence-corrected chi connectivity index (χ1v) is 7.51. The van der Waals surface area contributed by atoms with Crippen LogP contribution in [0.15, 0.2) is 43.1 Å². The van der Waals surface area contributed by atoms with E-state index in [0.717, 1.165) is 13.1 Å². The highest BCUT2D eigenvalue weighted by atomic mass is 15.2. The molecule has 0 aromatic carbocycles. The Balaban J connectivity index is 1.59. The van der Waals surface area contributed by atoms with E-state index in [2.05, 4.69) is 31.6 Å². The van der Waals surface area contributed by atoms with Crippen LogP contribution in [-0.4, -0.2) is 32.0 Å². The fraction of sp³-hybridized carbons (Fsp3) is 0.500. The molecule has 4 nitrogen and oxygen atoms in total. The van der Waals surface area contributed by atoms with Gasteiger partial charge in [0.1, 0.15) is 0 Å². The maximum atomic E-state index is 4.46. The van der Waals surface area contributed by atoms with E-state index < -0.39 is 0 Å². The maximum absolute atomic E-state index is 4.46. The molecule has 1 fully saturated rings. The first kappa shape index (κ1) is 13.3. The van der Waals surface area contributed by atoms with Crippen molar-refractivity contribution in [2.45, 2.75) is 44.8 Å². The molecule has 0 radical (unpaired) electrons. The highest BCUT2D eigenvalue weighted by Gasteiger charge is 2.22. The average Bonchev–Trinajstić information content (AvgIpc) is 3.01. The molecule has 0 saturated carbocycles. The monoisotopic (exact) mass is 270 g/mol. The molecule has 3 heterocycles. The number of hydrogen-bond acceptors (Lipinski definition) is 3. The van der Waals surface area contributed by atoms with Gasteiger partial charge < -0.3 is 4.57 Å². The Hall–Kier alpha value is -1.68. The molecule has 3 rings (SSSR count). The molecule has 4 heteroatoms. The molecule has 1 atom stereocenters. The molecule has 0 amide bonds. The minimum Gasteiger partial charge on any atom is -0.337 e. The first-order valence-electron chi connectivity index (χ1n) is 7.51. The number of imidazole rings is 1. The van der Waals surface area contributed by atoms with E-state index in [-0.39, 0.29) is 0 Å². The van der Waals surface area contributed by atoms with Gasteiger partial charge in [-0.1, -0.05) is 12.5 Å². The first-order chi connectivity index (χ1) is 9.92. The molecule has 0 bridgehead atoms. The van der Waals surface area contributed by atoms with E-state index >= 15 is 0 Å². The molecule has 1 saturated heterocycles. The molecule has 2 aromatic heterocycles. The zero-order valence-electron chi connectivity index (χ0n) is 11.9. The molecular formula is C16H22N4. The number of nitrogens with zero attached hydrogens (tertiary/aromatic N) is 4. The summed E-state index contributed by atoms with van der Waals surface area (Å²) in [5.41, 5.74) is 1.18. The minimum atomic E-state index is 0.674. The van der Waals surface area contributed by atoms with E-state index in [4.69, 9.17) is 0 Å². The smallest absolute Gasteiger partial charge is 0.0945 e. The van der Waals surface area contributed by atoms with Crippen LogP contribution in [0.1, 0.15) is 31.4 Å². The lowest BCUT2D eigenvalue weighted by atomic mass is 9.99. The lowest BCUT2D eigenvalue weighted by Crippen LogP contribution is -2.39. The van der Waals surface area contributed by atoms with Gasteiger partial charge in [-0.25, -0.2) is 4.98 Å². The fourth-order valence-electron chi connectivity index (χ4n) is 3.01. The van der Waals surface area contributed by atoms with Crippen molar-refractivity contribution >= 4 is 0 Å². The lowest BCUT2D eigenvalue weighted by molar-refractivity contribution is 0.127. The molecule has 0 spiro atoms. The predicted molar refractivity (Wildman–Crippen MR) is 79.1 cm³/mol. The van der Waals surface area contributed by atoms with Crippen molar-refractivity contribution in [3.63, 3.8) is 0 Å². The van der Waals surface area contributed by atoms with Crippen molar-refractivity contribution in [2.24, 2.45) is 0 Å². The van der Waals surface area contributed by atoms with Crippen LogP contribution in [0.2, 0.25) is 0 Å². The quantitative estimate of drug-likeness (QED) is 0.837. The number of aryl methyl sites for hydroxylation is 1. The van der Waals surface area contributed by atoms with Gasteiger partial charge in [0.25, 0.3) is 0 Å². The zero-order chi connectivity index (χ0) is 13.6. The molecule has 1 aliphatic rings. The van der Waals surface area contributed by atoms with Crippen LogP contribution in [0, 0.1) is 0 Å². The van der Waals surface area contributed by atoms with E-state index in [1.807, 2.05) is 31.0 Å². The number of rotatable bonds is 5. The molecule has 20 heavy (non-hydrogen) atoms. The summed E-state index contributed by atoms with van der Waals surface area (Å²) < 4.78 is 2.17. The lowest BCUT2D eigenvalue weighted by Gasteiger charge is -2.35. The number of hydrogen-bond donors (Lipinski definition) is 0. The van der Waals surface area contributed by atoms with Crippen LogP contribution in [0.4, 0.5) is 0 Å². The van der Waals surface area contributed by atoms with Crippen molar-refractivity contribution < 1.29 is 0 Å². The number of piperidine rings is 1. The summed E-state index contributed by atoms with van der Waals surface area (Å²) in [5.74, 6) is 0. The number of likely N-dealkylation sites (tertiary alicyclic amines) is 1. The zero-order valence-corrected chi connectivity index (χ0v) is 11.9. The highest BCUT2D eigenvalue weighted by molar-refractivity contribution is 5.03. The number of pyridine rings is 1. The van der Waals surface area contributed by atoms with Crippen molar-refractivity contribution in [3.05, 3.63) is 48.8 Å². The molecule has 0 N–H and O–H groups in total. The Bertz CT molecular complexity index is 494. The van der Waals surface area contributed by atoms with Crippen molar-refractivity contribution in [1.82, 2.24) is 19.4 Å². The Kier molecular flexibility index (Phi) is 4.43. The van der Waals surface area contributed by atoms with Crippen LogP contribution in [-0.2, 0) is 13.1 Å². The Labute approximate surface area is 120 Å². The summed E-state index contributed by atoms with van der Waals surface area (Å²) in [5, 5.41) is 0. The molecule has 106 valence electrons.